The first-order chi connectivity index (χ1) is 7.26. The molecular weight excluding hydrogens is 192 g/mol. The highest BCUT2D eigenvalue weighted by molar-refractivity contribution is 5.74. The zero-order chi connectivity index (χ0) is 11.5. The number of unbranched alkanes of at least 4 members (excludes halogenated alkanes) is 3. The highest BCUT2D eigenvalue weighted by Gasteiger charge is 2.18. The van der Waals surface area contributed by atoms with E-state index in [-0.39, 0.29) is 12.1 Å². The Labute approximate surface area is 93.1 Å². The number of carbonyl (C=O) groups excluding carboxylic acids is 1. The summed E-state index contributed by atoms with van der Waals surface area (Å²) < 4.78 is 10.2. The summed E-state index contributed by atoms with van der Waals surface area (Å²) in [5, 5.41) is 0. The summed E-state index contributed by atoms with van der Waals surface area (Å²) in [6, 6.07) is 0. The molecule has 0 amide bonds. The summed E-state index contributed by atoms with van der Waals surface area (Å²) in [6.45, 7) is 4.91. The number of carbonyl (C=O) groups is 1. The Hall–Kier alpha value is -0.570. The zero-order valence-corrected chi connectivity index (χ0v) is 10.3. The van der Waals surface area contributed by atoms with E-state index in [4.69, 9.17) is 9.47 Å². The van der Waals surface area contributed by atoms with E-state index in [1.807, 2.05) is 0 Å². The fourth-order valence-electron chi connectivity index (χ4n) is 1.37. The zero-order valence-electron chi connectivity index (χ0n) is 10.3. The van der Waals surface area contributed by atoms with Gasteiger partial charge in [0.15, 0.2) is 6.10 Å². The molecule has 3 nitrogen and oxygen atoms in total. The highest BCUT2D eigenvalue weighted by atomic mass is 16.6. The molecule has 0 radical (unpaired) electrons. The minimum Gasteiger partial charge on any atom is -0.467 e. The van der Waals surface area contributed by atoms with Gasteiger partial charge in [-0.1, -0.05) is 39.5 Å². The van der Waals surface area contributed by atoms with Gasteiger partial charge in [-0.3, -0.25) is 0 Å². The molecule has 1 atom stereocenters. The Morgan fingerprint density at radius 2 is 1.80 bits per heavy atom. The van der Waals surface area contributed by atoms with Gasteiger partial charge in [0, 0.05) is 6.61 Å². The van der Waals surface area contributed by atoms with Crippen molar-refractivity contribution >= 4 is 5.97 Å². The molecule has 0 aliphatic heterocycles. The summed E-state index contributed by atoms with van der Waals surface area (Å²) >= 11 is 0. The van der Waals surface area contributed by atoms with Crippen LogP contribution in [-0.2, 0) is 14.3 Å². The standard InChI is InChI=1S/C12H24O3/c1-4-6-8-10-15-11(9-7-5-2)12(13)14-3/h11H,4-10H2,1-3H3. The first-order valence-corrected chi connectivity index (χ1v) is 5.95. The Bertz CT molecular complexity index is 157. The van der Waals surface area contributed by atoms with Gasteiger partial charge >= 0.3 is 5.97 Å². The van der Waals surface area contributed by atoms with E-state index in [0.717, 1.165) is 32.1 Å². The lowest BCUT2D eigenvalue weighted by Crippen LogP contribution is -2.26. The molecular formula is C12H24O3. The number of ether oxygens (including phenoxy) is 2. The molecule has 1 unspecified atom stereocenters. The molecule has 15 heavy (non-hydrogen) atoms. The van der Waals surface area contributed by atoms with E-state index in [2.05, 4.69) is 13.8 Å². The average Bonchev–Trinajstić information content (AvgIpc) is 2.27. The summed E-state index contributed by atoms with van der Waals surface area (Å²) in [6.07, 6.45) is 5.85. The number of hydrogen-bond donors (Lipinski definition) is 0. The van der Waals surface area contributed by atoms with Crippen molar-refractivity contribution in [3.63, 3.8) is 0 Å². The molecule has 0 bridgehead atoms. The molecule has 0 aromatic carbocycles. The Morgan fingerprint density at radius 3 is 2.33 bits per heavy atom. The lowest BCUT2D eigenvalue weighted by Gasteiger charge is -2.14. The minimum absolute atomic E-state index is 0.236. The van der Waals surface area contributed by atoms with Crippen LogP contribution in [0.15, 0.2) is 0 Å². The molecule has 0 N–H and O–H groups in total. The van der Waals surface area contributed by atoms with Crippen LogP contribution in [0.3, 0.4) is 0 Å². The van der Waals surface area contributed by atoms with E-state index in [0.29, 0.717) is 6.61 Å². The van der Waals surface area contributed by atoms with Gasteiger partial charge in [0.05, 0.1) is 7.11 Å². The van der Waals surface area contributed by atoms with Crippen molar-refractivity contribution in [1.82, 2.24) is 0 Å². The molecule has 0 aromatic heterocycles. The summed E-state index contributed by atoms with van der Waals surface area (Å²) in [4.78, 5) is 11.3. The third-order valence-corrected chi connectivity index (χ3v) is 2.35. The van der Waals surface area contributed by atoms with E-state index in [9.17, 15) is 4.79 Å². The number of methoxy groups -OCH3 is 1. The van der Waals surface area contributed by atoms with E-state index >= 15 is 0 Å². The maximum Gasteiger partial charge on any atom is 0.334 e. The maximum atomic E-state index is 11.3. The van der Waals surface area contributed by atoms with Crippen LogP contribution >= 0.6 is 0 Å². The van der Waals surface area contributed by atoms with E-state index in [1.165, 1.54) is 13.5 Å². The molecule has 0 rings (SSSR count). The van der Waals surface area contributed by atoms with Gasteiger partial charge in [-0.15, -0.1) is 0 Å². The second-order valence-corrected chi connectivity index (χ2v) is 3.73. The minimum atomic E-state index is -0.355. The quantitative estimate of drug-likeness (QED) is 0.439. The number of esters is 1. The molecule has 0 spiro atoms. The Morgan fingerprint density at radius 1 is 1.13 bits per heavy atom. The van der Waals surface area contributed by atoms with Gasteiger partial charge in [-0.2, -0.15) is 0 Å². The fourth-order valence-corrected chi connectivity index (χ4v) is 1.37. The topological polar surface area (TPSA) is 35.5 Å². The first kappa shape index (κ1) is 14.4. The molecule has 0 saturated heterocycles. The summed E-state index contributed by atoms with van der Waals surface area (Å²) in [7, 11) is 1.41. The van der Waals surface area contributed by atoms with Crippen LogP contribution < -0.4 is 0 Å². The van der Waals surface area contributed by atoms with Gasteiger partial charge in [-0.25, -0.2) is 4.79 Å². The van der Waals surface area contributed by atoms with Crippen LogP contribution in [0.2, 0.25) is 0 Å². The SMILES string of the molecule is CCCCCOC(CCCC)C(=O)OC. The third-order valence-electron chi connectivity index (χ3n) is 2.35. The maximum absolute atomic E-state index is 11.3. The Balaban J connectivity index is 3.74. The second-order valence-electron chi connectivity index (χ2n) is 3.73. The van der Waals surface area contributed by atoms with Crippen LogP contribution in [0.1, 0.15) is 52.4 Å². The van der Waals surface area contributed by atoms with Crippen molar-refractivity contribution in [2.24, 2.45) is 0 Å². The molecule has 3 heteroatoms. The van der Waals surface area contributed by atoms with Gasteiger partial charge in [-0.05, 0) is 12.8 Å². The molecule has 0 aliphatic rings. The highest BCUT2D eigenvalue weighted by Crippen LogP contribution is 2.08. The number of hydrogen-bond acceptors (Lipinski definition) is 3. The first-order valence-electron chi connectivity index (χ1n) is 5.95. The van der Waals surface area contributed by atoms with Crippen LogP contribution in [0.5, 0.6) is 0 Å². The normalized spacial score (nSPS) is 12.5. The predicted molar refractivity (Wildman–Crippen MR) is 60.8 cm³/mol. The summed E-state index contributed by atoms with van der Waals surface area (Å²) in [5.41, 5.74) is 0. The van der Waals surface area contributed by atoms with Gasteiger partial charge in [0.1, 0.15) is 0 Å². The van der Waals surface area contributed by atoms with Crippen LogP contribution in [0.4, 0.5) is 0 Å². The van der Waals surface area contributed by atoms with Crippen molar-refractivity contribution in [3.8, 4) is 0 Å². The van der Waals surface area contributed by atoms with E-state index < -0.39 is 0 Å². The monoisotopic (exact) mass is 216 g/mol. The molecule has 0 fully saturated rings. The fraction of sp³-hybridized carbons (Fsp3) is 0.917. The predicted octanol–water partition coefficient (Wildman–Crippen LogP) is 2.93. The van der Waals surface area contributed by atoms with Gasteiger partial charge in [0.25, 0.3) is 0 Å². The summed E-state index contributed by atoms with van der Waals surface area (Å²) in [5.74, 6) is -0.236. The smallest absolute Gasteiger partial charge is 0.334 e. The van der Waals surface area contributed by atoms with Crippen LogP contribution in [0, 0.1) is 0 Å². The molecule has 0 aromatic rings. The van der Waals surface area contributed by atoms with Gasteiger partial charge in [0.2, 0.25) is 0 Å². The third kappa shape index (κ3) is 7.37. The lowest BCUT2D eigenvalue weighted by molar-refractivity contribution is -0.154. The molecule has 0 aliphatic carbocycles. The van der Waals surface area contributed by atoms with Crippen molar-refractivity contribution in [2.45, 2.75) is 58.5 Å². The second kappa shape index (κ2) is 9.97. The molecule has 90 valence electrons. The molecule has 0 heterocycles. The average molecular weight is 216 g/mol. The van der Waals surface area contributed by atoms with E-state index in [1.54, 1.807) is 0 Å². The number of rotatable bonds is 9. The van der Waals surface area contributed by atoms with Crippen molar-refractivity contribution in [1.29, 1.82) is 0 Å². The van der Waals surface area contributed by atoms with Crippen molar-refractivity contribution in [2.75, 3.05) is 13.7 Å². The van der Waals surface area contributed by atoms with Crippen LogP contribution in [-0.4, -0.2) is 25.8 Å². The van der Waals surface area contributed by atoms with Crippen molar-refractivity contribution in [3.05, 3.63) is 0 Å². The van der Waals surface area contributed by atoms with Gasteiger partial charge < -0.3 is 9.47 Å². The lowest BCUT2D eigenvalue weighted by atomic mass is 10.1. The largest absolute Gasteiger partial charge is 0.467 e. The molecule has 0 saturated carbocycles. The van der Waals surface area contributed by atoms with Crippen LogP contribution in [0.25, 0.3) is 0 Å². The van der Waals surface area contributed by atoms with Crippen molar-refractivity contribution < 1.29 is 14.3 Å². The Kier molecular flexibility index (Phi) is 9.59.